The fourth-order valence-electron chi connectivity index (χ4n) is 4.07. The van der Waals surface area contributed by atoms with Gasteiger partial charge in [-0.1, -0.05) is 45.9 Å². The lowest BCUT2D eigenvalue weighted by Gasteiger charge is -2.43. The van der Waals surface area contributed by atoms with Gasteiger partial charge in [-0.3, -0.25) is 0 Å². The summed E-state index contributed by atoms with van der Waals surface area (Å²) in [6, 6.07) is 10.6. The van der Waals surface area contributed by atoms with Gasteiger partial charge >= 0.3 is 8.72 Å². The summed E-state index contributed by atoms with van der Waals surface area (Å²) in [5.41, 5.74) is 1.15. The van der Waals surface area contributed by atoms with Gasteiger partial charge in [-0.2, -0.15) is 0 Å². The SMILES string of the molecule is CCN(CC)[Si](C)(C)N(CC)CC.CO[Si](C)(OC)N(c1ccccc1)C(C)C. The van der Waals surface area contributed by atoms with Gasteiger partial charge in [0.1, 0.15) is 0 Å². The third kappa shape index (κ3) is 7.81. The molecule has 5 nitrogen and oxygen atoms in total. The van der Waals surface area contributed by atoms with Crippen molar-refractivity contribution in [2.75, 3.05) is 45.0 Å². The van der Waals surface area contributed by atoms with Gasteiger partial charge in [0, 0.05) is 25.9 Å². The second-order valence-corrected chi connectivity index (χ2v) is 15.3. The van der Waals surface area contributed by atoms with Crippen molar-refractivity contribution in [1.82, 2.24) is 9.13 Å². The summed E-state index contributed by atoms with van der Waals surface area (Å²) in [5.74, 6) is 0. The van der Waals surface area contributed by atoms with Crippen LogP contribution in [0.1, 0.15) is 41.5 Å². The molecule has 0 saturated heterocycles. The first kappa shape index (κ1) is 28.3. The van der Waals surface area contributed by atoms with E-state index in [1.807, 2.05) is 18.2 Å². The van der Waals surface area contributed by atoms with E-state index in [1.165, 1.54) is 26.2 Å². The van der Waals surface area contributed by atoms with E-state index >= 15 is 0 Å². The summed E-state index contributed by atoms with van der Waals surface area (Å²) in [4.78, 5) is 0. The van der Waals surface area contributed by atoms with Gasteiger partial charge in [-0.05, 0) is 71.8 Å². The second kappa shape index (κ2) is 13.6. The molecular weight excluding hydrogens is 394 g/mol. The molecule has 0 aromatic heterocycles. The Morgan fingerprint density at radius 2 is 1.14 bits per heavy atom. The zero-order valence-corrected chi connectivity index (χ0v) is 23.0. The van der Waals surface area contributed by atoms with Crippen molar-refractivity contribution in [1.29, 1.82) is 0 Å². The fraction of sp³-hybridized carbons (Fsp3) is 0.727. The molecule has 0 aliphatic rings. The maximum absolute atomic E-state index is 5.61. The predicted molar refractivity (Wildman–Crippen MR) is 133 cm³/mol. The number of rotatable bonds is 11. The van der Waals surface area contributed by atoms with Crippen LogP contribution in [0.5, 0.6) is 0 Å². The summed E-state index contributed by atoms with van der Waals surface area (Å²) >= 11 is 0. The highest BCUT2D eigenvalue weighted by atomic mass is 28.4. The molecule has 0 saturated carbocycles. The molecule has 0 bridgehead atoms. The number of hydrogen-bond donors (Lipinski definition) is 0. The lowest BCUT2D eigenvalue weighted by Crippen LogP contribution is -2.61. The summed E-state index contributed by atoms with van der Waals surface area (Å²) < 4.78 is 18.7. The van der Waals surface area contributed by atoms with E-state index in [1.54, 1.807) is 14.2 Å². The molecule has 1 rings (SSSR count). The number of benzene rings is 1. The highest BCUT2D eigenvalue weighted by Crippen LogP contribution is 2.24. The van der Waals surface area contributed by atoms with Crippen LogP contribution in [0, 0.1) is 0 Å². The van der Waals surface area contributed by atoms with Crippen LogP contribution in [0.4, 0.5) is 5.69 Å². The number of para-hydroxylation sites is 1. The maximum atomic E-state index is 5.61. The van der Waals surface area contributed by atoms with Crippen LogP contribution in [-0.2, 0) is 8.85 Å². The monoisotopic (exact) mass is 441 g/mol. The summed E-state index contributed by atoms with van der Waals surface area (Å²) in [6.45, 7) is 25.1. The van der Waals surface area contributed by atoms with Crippen molar-refractivity contribution < 1.29 is 8.85 Å². The van der Waals surface area contributed by atoms with Crippen LogP contribution < -0.4 is 4.57 Å². The zero-order chi connectivity index (χ0) is 22.7. The first-order chi connectivity index (χ1) is 13.6. The van der Waals surface area contributed by atoms with Gasteiger partial charge in [0.05, 0.1) is 0 Å². The molecule has 0 heterocycles. The lowest BCUT2D eigenvalue weighted by molar-refractivity contribution is 0.243. The van der Waals surface area contributed by atoms with Crippen LogP contribution in [0.3, 0.4) is 0 Å². The molecule has 0 radical (unpaired) electrons. The molecule has 0 aliphatic carbocycles. The lowest BCUT2D eigenvalue weighted by atomic mass is 10.3. The number of hydrogen-bond acceptors (Lipinski definition) is 5. The molecule has 1 aromatic rings. The Labute approximate surface area is 183 Å². The van der Waals surface area contributed by atoms with Crippen molar-refractivity contribution in [3.8, 4) is 0 Å². The van der Waals surface area contributed by atoms with E-state index in [4.69, 9.17) is 8.85 Å². The number of nitrogens with zero attached hydrogens (tertiary/aromatic N) is 3. The van der Waals surface area contributed by atoms with Crippen LogP contribution in [0.25, 0.3) is 0 Å². The summed E-state index contributed by atoms with van der Waals surface area (Å²) in [6.07, 6.45) is 0. The van der Waals surface area contributed by atoms with Crippen LogP contribution >= 0.6 is 0 Å². The van der Waals surface area contributed by atoms with Crippen molar-refractivity contribution in [2.24, 2.45) is 0 Å². The van der Waals surface area contributed by atoms with Crippen LogP contribution in [0.15, 0.2) is 30.3 Å². The van der Waals surface area contributed by atoms with Gasteiger partial charge in [-0.25, -0.2) is 0 Å². The average Bonchev–Trinajstić information content (AvgIpc) is 2.70. The molecule has 7 heteroatoms. The Kier molecular flexibility index (Phi) is 13.2. The van der Waals surface area contributed by atoms with E-state index in [0.717, 1.165) is 5.69 Å². The molecule has 0 unspecified atom stereocenters. The number of anilines is 1. The van der Waals surface area contributed by atoms with Gasteiger partial charge in [0.25, 0.3) is 0 Å². The predicted octanol–water partition coefficient (Wildman–Crippen LogP) is 5.13. The maximum Gasteiger partial charge on any atom is 0.455 e. The van der Waals surface area contributed by atoms with Gasteiger partial charge in [-0.15, -0.1) is 0 Å². The Bertz CT molecular complexity index is 518. The fourth-order valence-corrected chi connectivity index (χ4v) is 9.68. The van der Waals surface area contributed by atoms with Crippen molar-refractivity contribution in [3.63, 3.8) is 0 Å². The third-order valence-corrected chi connectivity index (χ3v) is 13.3. The van der Waals surface area contributed by atoms with Crippen LogP contribution in [-0.4, -0.2) is 72.7 Å². The van der Waals surface area contributed by atoms with Crippen molar-refractivity contribution in [2.45, 2.75) is 67.2 Å². The minimum absolute atomic E-state index is 0.346. The van der Waals surface area contributed by atoms with Gasteiger partial charge in [0.2, 0.25) is 0 Å². The Balaban J connectivity index is 0.000000555. The molecule has 0 fully saturated rings. The molecule has 0 spiro atoms. The minimum atomic E-state index is -2.30. The summed E-state index contributed by atoms with van der Waals surface area (Å²) in [5, 5.41) is 0. The van der Waals surface area contributed by atoms with Gasteiger partial charge in [0.15, 0.2) is 8.40 Å². The minimum Gasteiger partial charge on any atom is -0.382 e. The van der Waals surface area contributed by atoms with Gasteiger partial charge < -0.3 is 22.5 Å². The third-order valence-electron chi connectivity index (χ3n) is 5.82. The highest BCUT2D eigenvalue weighted by molar-refractivity contribution is 6.72. The van der Waals surface area contributed by atoms with Crippen molar-refractivity contribution in [3.05, 3.63) is 30.3 Å². The largest absolute Gasteiger partial charge is 0.455 e. The normalized spacial score (nSPS) is 12.3. The molecule has 0 amide bonds. The van der Waals surface area contributed by atoms with Crippen molar-refractivity contribution >= 4 is 22.8 Å². The van der Waals surface area contributed by atoms with E-state index < -0.39 is 17.1 Å². The zero-order valence-electron chi connectivity index (χ0n) is 21.0. The topological polar surface area (TPSA) is 28.2 Å². The second-order valence-electron chi connectivity index (χ2n) is 7.94. The molecule has 0 aliphatic heterocycles. The Morgan fingerprint density at radius 1 is 0.759 bits per heavy atom. The smallest absolute Gasteiger partial charge is 0.382 e. The average molecular weight is 442 g/mol. The van der Waals surface area contributed by atoms with Crippen LogP contribution in [0.2, 0.25) is 19.6 Å². The molecule has 0 N–H and O–H groups in total. The van der Waals surface area contributed by atoms with E-state index in [0.29, 0.717) is 6.04 Å². The first-order valence-electron chi connectivity index (χ1n) is 11.0. The summed E-state index contributed by atoms with van der Waals surface area (Å²) in [7, 11) is -0.160. The molecule has 0 atom stereocenters. The Morgan fingerprint density at radius 3 is 1.41 bits per heavy atom. The van der Waals surface area contributed by atoms with E-state index in [-0.39, 0.29) is 0 Å². The standard InChI is InChI=1S/C12H21NO2Si.C10H26N2Si/c1-11(2)13(16(5,14-3)15-4)12-9-7-6-8-10-12;1-7-11(8-2)13(5,6)12(9-3)10-4/h6-11H,1-5H3;7-10H2,1-6H3. The highest BCUT2D eigenvalue weighted by Gasteiger charge is 2.40. The quantitative estimate of drug-likeness (QED) is 0.444. The molecule has 1 aromatic carbocycles. The van der Waals surface area contributed by atoms with E-state index in [2.05, 4.69) is 87.0 Å². The molecular formula is C22H47N3O2Si2. The molecule has 170 valence electrons. The Hall–Kier alpha value is -0.706. The molecule has 29 heavy (non-hydrogen) atoms. The first-order valence-corrected chi connectivity index (χ1v) is 16.2. The van der Waals surface area contributed by atoms with E-state index in [9.17, 15) is 0 Å².